The summed E-state index contributed by atoms with van der Waals surface area (Å²) in [6.07, 6.45) is 2.87. The van der Waals surface area contributed by atoms with Crippen molar-refractivity contribution in [3.8, 4) is 11.5 Å². The van der Waals surface area contributed by atoms with Crippen LogP contribution in [0.2, 0.25) is 0 Å². The maximum atomic E-state index is 14.5. The number of aromatic hydroxyl groups is 1. The van der Waals surface area contributed by atoms with Gasteiger partial charge in [-0.1, -0.05) is 19.6 Å². The first kappa shape index (κ1) is 20.9. The van der Waals surface area contributed by atoms with Gasteiger partial charge in [0.15, 0.2) is 24.1 Å². The van der Waals surface area contributed by atoms with Gasteiger partial charge in [0.2, 0.25) is 0 Å². The van der Waals surface area contributed by atoms with Crippen LogP contribution in [0, 0.1) is 17.7 Å². The summed E-state index contributed by atoms with van der Waals surface area (Å²) >= 11 is 0. The number of allylic oxidation sites excluding steroid dienone is 1. The third-order valence-corrected chi connectivity index (χ3v) is 5.37. The lowest BCUT2D eigenvalue weighted by molar-refractivity contribution is -0.154. The van der Waals surface area contributed by atoms with Crippen LogP contribution in [0.1, 0.15) is 18.9 Å². The third kappa shape index (κ3) is 3.85. The molecule has 1 aromatic carbocycles. The third-order valence-electron chi connectivity index (χ3n) is 5.37. The van der Waals surface area contributed by atoms with E-state index < -0.39 is 29.1 Å². The zero-order valence-corrected chi connectivity index (χ0v) is 16.3. The molecule has 1 aliphatic carbocycles. The van der Waals surface area contributed by atoms with Crippen LogP contribution >= 0.6 is 0 Å². The highest BCUT2D eigenvalue weighted by atomic mass is 19.1. The maximum Gasteiger partial charge on any atom is 0.317 e. The van der Waals surface area contributed by atoms with Gasteiger partial charge in [0.25, 0.3) is 0 Å². The van der Waals surface area contributed by atoms with E-state index in [0.29, 0.717) is 5.76 Å². The Kier molecular flexibility index (Phi) is 5.93. The molecule has 3 atom stereocenters. The molecule has 29 heavy (non-hydrogen) atoms. The quantitative estimate of drug-likeness (QED) is 0.423. The molecule has 7 nitrogen and oxygen atoms in total. The number of carbonyl (C=O) groups excluding carboxylic acids is 2. The maximum absolute atomic E-state index is 14.5. The number of fused-ring (bicyclic) bond motifs is 1. The number of carbonyl (C=O) groups is 2. The van der Waals surface area contributed by atoms with Gasteiger partial charge >= 0.3 is 5.97 Å². The van der Waals surface area contributed by atoms with Crippen LogP contribution in [0.3, 0.4) is 0 Å². The monoisotopic (exact) mass is 406 g/mol. The number of rotatable bonds is 7. The molecular formula is C21H23FO7. The summed E-state index contributed by atoms with van der Waals surface area (Å²) in [5.41, 5.74) is -0.823. The van der Waals surface area contributed by atoms with Crippen molar-refractivity contribution in [3.63, 3.8) is 0 Å². The summed E-state index contributed by atoms with van der Waals surface area (Å²) in [6, 6.07) is 2.40. The first-order valence-corrected chi connectivity index (χ1v) is 9.18. The van der Waals surface area contributed by atoms with Crippen LogP contribution in [-0.4, -0.2) is 43.0 Å². The molecule has 3 rings (SSSR count). The van der Waals surface area contributed by atoms with E-state index in [0.717, 1.165) is 6.07 Å². The van der Waals surface area contributed by atoms with Gasteiger partial charge in [-0.2, -0.15) is 0 Å². The Morgan fingerprint density at radius 2 is 2.28 bits per heavy atom. The molecule has 0 saturated carbocycles. The molecule has 0 spiro atoms. The normalized spacial score (nSPS) is 24.2. The predicted molar refractivity (Wildman–Crippen MR) is 99.6 cm³/mol. The Bertz CT molecular complexity index is 863. The fraction of sp³-hybridized carbons (Fsp3) is 0.429. The average molecular weight is 406 g/mol. The van der Waals surface area contributed by atoms with E-state index in [1.807, 2.05) is 6.92 Å². The number of ether oxygens (including phenoxy) is 4. The van der Waals surface area contributed by atoms with Crippen LogP contribution in [-0.2, 0) is 30.2 Å². The SMILES string of the molecule is C=CCOC(=O)[C@@H]1C[C@]2([C@@H](C)Cc3cc(O)c(OC)cc3F)OCOC2=CC1=O. The van der Waals surface area contributed by atoms with Gasteiger partial charge in [-0.3, -0.25) is 9.59 Å². The summed E-state index contributed by atoms with van der Waals surface area (Å²) in [4.78, 5) is 24.7. The van der Waals surface area contributed by atoms with Crippen molar-refractivity contribution in [2.45, 2.75) is 25.4 Å². The van der Waals surface area contributed by atoms with Crippen molar-refractivity contribution < 1.29 is 38.0 Å². The highest BCUT2D eigenvalue weighted by Crippen LogP contribution is 2.46. The van der Waals surface area contributed by atoms with Gasteiger partial charge in [0.05, 0.1) is 7.11 Å². The topological polar surface area (TPSA) is 91.3 Å². The van der Waals surface area contributed by atoms with E-state index in [2.05, 4.69) is 6.58 Å². The standard InChI is InChI=1S/C21H23FO7/c1-4-5-27-20(25)14-10-21(19(9-16(14)23)28-11-29-21)12(2)6-13-7-17(24)18(26-3)8-15(13)22/h4,7-9,12,14,24H,1,5-6,10-11H2,2-3H3/t12-,14+,21+/m0/s1. The molecule has 1 N–H and O–H groups in total. The van der Waals surface area contributed by atoms with Crippen LogP contribution in [0.5, 0.6) is 11.5 Å². The highest BCUT2D eigenvalue weighted by Gasteiger charge is 2.54. The van der Waals surface area contributed by atoms with Crippen molar-refractivity contribution in [2.75, 3.05) is 20.5 Å². The van der Waals surface area contributed by atoms with Gasteiger partial charge in [0.1, 0.15) is 29.7 Å². The number of benzene rings is 1. The molecule has 0 amide bonds. The first-order chi connectivity index (χ1) is 13.8. The molecule has 1 aromatic rings. The van der Waals surface area contributed by atoms with Crippen molar-refractivity contribution in [1.82, 2.24) is 0 Å². The van der Waals surface area contributed by atoms with Crippen LogP contribution < -0.4 is 4.74 Å². The van der Waals surface area contributed by atoms with Gasteiger partial charge in [-0.05, 0) is 24.0 Å². The summed E-state index contributed by atoms with van der Waals surface area (Å²) in [5.74, 6) is -2.87. The molecule has 8 heteroatoms. The number of esters is 1. The second-order valence-corrected chi connectivity index (χ2v) is 7.10. The number of methoxy groups -OCH3 is 1. The molecule has 0 radical (unpaired) electrons. The second kappa shape index (κ2) is 8.24. The molecule has 0 unspecified atom stereocenters. The van der Waals surface area contributed by atoms with Crippen LogP contribution in [0.25, 0.3) is 0 Å². The van der Waals surface area contributed by atoms with Gasteiger partial charge < -0.3 is 24.1 Å². The van der Waals surface area contributed by atoms with Crippen LogP contribution in [0.15, 0.2) is 36.6 Å². The van der Waals surface area contributed by atoms with Crippen molar-refractivity contribution in [3.05, 3.63) is 48.0 Å². The first-order valence-electron chi connectivity index (χ1n) is 9.18. The van der Waals surface area contributed by atoms with E-state index in [1.54, 1.807) is 0 Å². The zero-order chi connectivity index (χ0) is 21.2. The molecule has 1 heterocycles. The molecule has 0 aromatic heterocycles. The lowest BCUT2D eigenvalue weighted by Gasteiger charge is -2.37. The van der Waals surface area contributed by atoms with Gasteiger partial charge in [-0.25, -0.2) is 4.39 Å². The number of ketones is 1. The molecule has 1 fully saturated rings. The van der Waals surface area contributed by atoms with Crippen molar-refractivity contribution in [1.29, 1.82) is 0 Å². The van der Waals surface area contributed by atoms with Gasteiger partial charge in [-0.15, -0.1) is 0 Å². The summed E-state index contributed by atoms with van der Waals surface area (Å²) in [5, 5.41) is 9.98. The number of phenolic OH excluding ortho intramolecular Hbond substituents is 1. The Morgan fingerprint density at radius 1 is 1.52 bits per heavy atom. The number of phenols is 1. The summed E-state index contributed by atoms with van der Waals surface area (Å²) in [7, 11) is 1.33. The van der Waals surface area contributed by atoms with E-state index in [4.69, 9.17) is 18.9 Å². The summed E-state index contributed by atoms with van der Waals surface area (Å²) < 4.78 is 35.8. The largest absolute Gasteiger partial charge is 0.504 e. The minimum atomic E-state index is -1.08. The van der Waals surface area contributed by atoms with E-state index in [9.17, 15) is 19.1 Å². The fourth-order valence-electron chi connectivity index (χ4n) is 3.78. The predicted octanol–water partition coefficient (Wildman–Crippen LogP) is 2.66. The van der Waals surface area contributed by atoms with Gasteiger partial charge in [0, 0.05) is 18.6 Å². The van der Waals surface area contributed by atoms with E-state index in [1.165, 1.54) is 25.3 Å². The van der Waals surface area contributed by atoms with Crippen LogP contribution in [0.4, 0.5) is 4.39 Å². The molecule has 2 aliphatic rings. The Labute approximate surface area is 167 Å². The van der Waals surface area contributed by atoms with E-state index in [-0.39, 0.29) is 49.2 Å². The Hall–Kier alpha value is -2.87. The lowest BCUT2D eigenvalue weighted by Crippen LogP contribution is -2.47. The van der Waals surface area contributed by atoms with Crippen molar-refractivity contribution in [2.24, 2.45) is 11.8 Å². The Balaban J connectivity index is 1.88. The highest BCUT2D eigenvalue weighted by molar-refractivity contribution is 6.06. The molecule has 0 bridgehead atoms. The number of hydrogen-bond acceptors (Lipinski definition) is 7. The molecular weight excluding hydrogens is 383 g/mol. The lowest BCUT2D eigenvalue weighted by atomic mass is 9.72. The second-order valence-electron chi connectivity index (χ2n) is 7.10. The smallest absolute Gasteiger partial charge is 0.317 e. The summed E-state index contributed by atoms with van der Waals surface area (Å²) in [6.45, 7) is 5.21. The minimum Gasteiger partial charge on any atom is -0.504 e. The fourth-order valence-corrected chi connectivity index (χ4v) is 3.78. The Morgan fingerprint density at radius 3 is 2.97 bits per heavy atom. The van der Waals surface area contributed by atoms with Crippen molar-refractivity contribution >= 4 is 11.8 Å². The number of hydrogen-bond donors (Lipinski definition) is 1. The number of halogens is 1. The zero-order valence-electron chi connectivity index (χ0n) is 16.3. The molecule has 156 valence electrons. The minimum absolute atomic E-state index is 0.00453. The molecule has 1 saturated heterocycles. The average Bonchev–Trinajstić information content (AvgIpc) is 3.11. The van der Waals surface area contributed by atoms with E-state index >= 15 is 0 Å². The molecule has 1 aliphatic heterocycles.